The highest BCUT2D eigenvalue weighted by Gasteiger charge is 2.05. The van der Waals surface area contributed by atoms with Gasteiger partial charge in [-0.15, -0.1) is 0 Å². The largest absolute Gasteiger partial charge is 0.233 e. The molecule has 0 amide bonds. The van der Waals surface area contributed by atoms with Crippen LogP contribution in [0.5, 0.6) is 0 Å². The molecule has 17 heavy (non-hydrogen) atoms. The molecule has 0 fully saturated rings. The van der Waals surface area contributed by atoms with Crippen molar-refractivity contribution in [1.29, 1.82) is 0 Å². The molecular weight excluding hydrogens is 208 g/mol. The topological polar surface area (TPSA) is 19.9 Å². The molecule has 1 radical (unpaired) electrons. The first-order valence-corrected chi connectivity index (χ1v) is 7.02. The lowest BCUT2D eigenvalue weighted by Crippen LogP contribution is -2.04. The monoisotopic (exact) mass is 233 g/mol. The van der Waals surface area contributed by atoms with E-state index in [2.05, 4.69) is 31.2 Å². The molecule has 0 N–H and O–H groups in total. The van der Waals surface area contributed by atoms with E-state index in [0.717, 1.165) is 38.5 Å². The average molecular weight is 233 g/mol. The summed E-state index contributed by atoms with van der Waals surface area (Å²) in [5, 5.41) is 11.6. The summed E-state index contributed by atoms with van der Waals surface area (Å²) >= 11 is 0. The van der Waals surface area contributed by atoms with Crippen LogP contribution in [0.2, 0.25) is 0 Å². The highest BCUT2D eigenvalue weighted by molar-refractivity contribution is 5.14. The van der Waals surface area contributed by atoms with Crippen molar-refractivity contribution >= 4 is 0 Å². The average Bonchev–Trinajstić information content (AvgIpc) is 2.36. The van der Waals surface area contributed by atoms with E-state index in [1.165, 1.54) is 18.4 Å². The number of benzene rings is 1. The maximum Gasteiger partial charge on any atom is 0.0930 e. The Morgan fingerprint density at radius 1 is 0.941 bits per heavy atom. The molecule has 1 nitrogen and oxygen atoms in total. The molecule has 0 bridgehead atoms. The zero-order valence-electron chi connectivity index (χ0n) is 11.0. The van der Waals surface area contributed by atoms with Gasteiger partial charge < -0.3 is 0 Å². The van der Waals surface area contributed by atoms with E-state index in [0.29, 0.717) is 0 Å². The SMILES string of the molecule is CCCCCC([O])CCCCc1ccccc1. The van der Waals surface area contributed by atoms with Gasteiger partial charge in [-0.25, -0.2) is 5.11 Å². The third-order valence-corrected chi connectivity index (χ3v) is 3.21. The normalized spacial score (nSPS) is 12.6. The van der Waals surface area contributed by atoms with Crippen LogP contribution in [0.25, 0.3) is 0 Å². The van der Waals surface area contributed by atoms with E-state index < -0.39 is 0 Å². The molecule has 1 atom stereocenters. The summed E-state index contributed by atoms with van der Waals surface area (Å²) in [6.45, 7) is 2.18. The van der Waals surface area contributed by atoms with E-state index in [9.17, 15) is 5.11 Å². The lowest BCUT2D eigenvalue weighted by Gasteiger charge is -2.07. The number of rotatable bonds is 9. The zero-order valence-corrected chi connectivity index (χ0v) is 11.0. The second kappa shape index (κ2) is 9.23. The fourth-order valence-electron chi connectivity index (χ4n) is 2.11. The van der Waals surface area contributed by atoms with Gasteiger partial charge in [-0.2, -0.15) is 0 Å². The predicted octanol–water partition coefficient (Wildman–Crippen LogP) is 4.78. The Balaban J connectivity index is 2.00. The maximum absolute atomic E-state index is 11.6. The Bertz CT molecular complexity index is 268. The minimum Gasteiger partial charge on any atom is -0.233 e. The van der Waals surface area contributed by atoms with E-state index in [-0.39, 0.29) is 6.10 Å². The van der Waals surface area contributed by atoms with Crippen LogP contribution < -0.4 is 0 Å². The fourth-order valence-corrected chi connectivity index (χ4v) is 2.11. The highest BCUT2D eigenvalue weighted by atomic mass is 16.3. The second-order valence-corrected chi connectivity index (χ2v) is 4.85. The Kier molecular flexibility index (Phi) is 7.74. The molecule has 1 rings (SSSR count). The van der Waals surface area contributed by atoms with Crippen molar-refractivity contribution < 1.29 is 5.11 Å². The minimum absolute atomic E-state index is 0.322. The Morgan fingerprint density at radius 2 is 1.59 bits per heavy atom. The van der Waals surface area contributed by atoms with Crippen molar-refractivity contribution in [3.8, 4) is 0 Å². The number of hydrogen-bond donors (Lipinski definition) is 0. The first kappa shape index (κ1) is 14.2. The van der Waals surface area contributed by atoms with Crippen molar-refractivity contribution in [2.24, 2.45) is 0 Å². The van der Waals surface area contributed by atoms with Crippen LogP contribution in [-0.2, 0) is 11.5 Å². The van der Waals surface area contributed by atoms with E-state index in [4.69, 9.17) is 0 Å². The van der Waals surface area contributed by atoms with Crippen molar-refractivity contribution in [2.45, 2.75) is 64.4 Å². The van der Waals surface area contributed by atoms with Crippen molar-refractivity contribution in [2.75, 3.05) is 0 Å². The van der Waals surface area contributed by atoms with Crippen LogP contribution >= 0.6 is 0 Å². The highest BCUT2D eigenvalue weighted by Crippen LogP contribution is 2.12. The van der Waals surface area contributed by atoms with Crippen LogP contribution in [-0.4, -0.2) is 6.10 Å². The molecule has 0 heterocycles. The molecule has 0 aromatic heterocycles. The fraction of sp³-hybridized carbons (Fsp3) is 0.625. The van der Waals surface area contributed by atoms with Gasteiger partial charge in [-0.1, -0.05) is 62.9 Å². The predicted molar refractivity (Wildman–Crippen MR) is 72.6 cm³/mol. The van der Waals surface area contributed by atoms with E-state index in [1.54, 1.807) is 0 Å². The molecule has 1 aromatic rings. The summed E-state index contributed by atoms with van der Waals surface area (Å²) in [6, 6.07) is 10.5. The standard InChI is InChI=1S/C16H25O/c1-2-3-5-13-16(17)14-9-8-12-15-10-6-4-7-11-15/h4,6-7,10-11,16H,2-3,5,8-9,12-14H2,1H3. The molecule has 95 valence electrons. The van der Waals surface area contributed by atoms with Crippen LogP contribution in [0.15, 0.2) is 30.3 Å². The van der Waals surface area contributed by atoms with Crippen LogP contribution in [0.3, 0.4) is 0 Å². The number of aryl methyl sites for hydroxylation is 1. The third kappa shape index (κ3) is 7.17. The van der Waals surface area contributed by atoms with Gasteiger partial charge in [0, 0.05) is 0 Å². The summed E-state index contributed by atoms with van der Waals surface area (Å²) in [5.41, 5.74) is 1.39. The van der Waals surface area contributed by atoms with E-state index >= 15 is 0 Å². The number of unbranched alkanes of at least 4 members (excludes halogenated alkanes) is 3. The summed E-state index contributed by atoms with van der Waals surface area (Å²) in [5.74, 6) is 0. The Morgan fingerprint density at radius 3 is 2.24 bits per heavy atom. The first-order chi connectivity index (χ1) is 8.33. The molecule has 0 spiro atoms. The number of hydrogen-bond acceptors (Lipinski definition) is 0. The van der Waals surface area contributed by atoms with Gasteiger partial charge in [0.25, 0.3) is 0 Å². The van der Waals surface area contributed by atoms with Crippen molar-refractivity contribution in [3.63, 3.8) is 0 Å². The van der Waals surface area contributed by atoms with Gasteiger partial charge >= 0.3 is 0 Å². The molecule has 0 aliphatic carbocycles. The minimum atomic E-state index is -0.322. The summed E-state index contributed by atoms with van der Waals surface area (Å²) in [4.78, 5) is 0. The molecular formula is C16H25O. The first-order valence-electron chi connectivity index (χ1n) is 7.02. The quantitative estimate of drug-likeness (QED) is 0.547. The molecule has 1 unspecified atom stereocenters. The van der Waals surface area contributed by atoms with Crippen LogP contribution in [0.1, 0.15) is 57.4 Å². The molecule has 0 saturated carbocycles. The molecule has 0 aliphatic heterocycles. The lowest BCUT2D eigenvalue weighted by atomic mass is 10.0. The van der Waals surface area contributed by atoms with Gasteiger partial charge in [0.15, 0.2) is 0 Å². The van der Waals surface area contributed by atoms with E-state index in [1.807, 2.05) is 6.07 Å². The molecule has 0 aliphatic rings. The smallest absolute Gasteiger partial charge is 0.0930 e. The zero-order chi connectivity index (χ0) is 12.3. The lowest BCUT2D eigenvalue weighted by molar-refractivity contribution is 0.0692. The molecule has 1 aromatic carbocycles. The summed E-state index contributed by atoms with van der Waals surface area (Å²) in [7, 11) is 0. The Hall–Kier alpha value is -0.820. The Labute approximate surface area is 106 Å². The summed E-state index contributed by atoms with van der Waals surface area (Å²) in [6.07, 6.45) is 8.29. The van der Waals surface area contributed by atoms with Gasteiger partial charge in [0.2, 0.25) is 0 Å². The molecule has 0 saturated heterocycles. The van der Waals surface area contributed by atoms with Gasteiger partial charge in [0.1, 0.15) is 0 Å². The van der Waals surface area contributed by atoms with Crippen molar-refractivity contribution in [1.82, 2.24) is 0 Å². The maximum atomic E-state index is 11.6. The van der Waals surface area contributed by atoms with Crippen LogP contribution in [0.4, 0.5) is 0 Å². The third-order valence-electron chi connectivity index (χ3n) is 3.21. The van der Waals surface area contributed by atoms with Crippen LogP contribution in [0, 0.1) is 0 Å². The second-order valence-electron chi connectivity index (χ2n) is 4.85. The summed E-state index contributed by atoms with van der Waals surface area (Å²) < 4.78 is 0. The molecule has 1 heteroatoms. The van der Waals surface area contributed by atoms with Gasteiger partial charge in [-0.05, 0) is 31.2 Å². The van der Waals surface area contributed by atoms with Crippen molar-refractivity contribution in [3.05, 3.63) is 35.9 Å². The van der Waals surface area contributed by atoms with Gasteiger partial charge in [-0.3, -0.25) is 0 Å². The van der Waals surface area contributed by atoms with Gasteiger partial charge in [0.05, 0.1) is 6.10 Å².